The van der Waals surface area contributed by atoms with Crippen molar-refractivity contribution in [1.29, 1.82) is 0 Å². The second-order valence-electron chi connectivity index (χ2n) is 6.63. The van der Waals surface area contributed by atoms with E-state index in [1.54, 1.807) is 18.5 Å². The summed E-state index contributed by atoms with van der Waals surface area (Å²) in [5.74, 6) is 0.433. The van der Waals surface area contributed by atoms with E-state index in [2.05, 4.69) is 37.3 Å². The van der Waals surface area contributed by atoms with Crippen molar-refractivity contribution in [3.05, 3.63) is 58.9 Å². The zero-order chi connectivity index (χ0) is 20.1. The van der Waals surface area contributed by atoms with Crippen molar-refractivity contribution < 1.29 is 9.53 Å². The first-order chi connectivity index (χ1) is 14.3. The summed E-state index contributed by atoms with van der Waals surface area (Å²) < 4.78 is 5.45. The molecule has 0 spiro atoms. The minimum atomic E-state index is -0.113. The van der Waals surface area contributed by atoms with Gasteiger partial charge in [0.2, 0.25) is 0 Å². The number of morpholine rings is 1. The fourth-order valence-electron chi connectivity index (χ4n) is 3.30. The second-order valence-corrected chi connectivity index (χ2v) is 7.63. The van der Waals surface area contributed by atoms with Gasteiger partial charge in [0.15, 0.2) is 10.8 Å². The molecule has 3 aromatic rings. The molecular weight excluding hydrogens is 386 g/mol. The van der Waals surface area contributed by atoms with E-state index in [1.165, 1.54) is 11.3 Å². The number of amides is 1. The molecule has 29 heavy (non-hydrogen) atoms. The average molecular weight is 410 g/mol. The number of nitrogens with zero attached hydrogens (tertiary/aromatic N) is 4. The third-order valence-electron chi connectivity index (χ3n) is 4.78. The van der Waals surface area contributed by atoms with Crippen molar-refractivity contribution in [3.63, 3.8) is 0 Å². The van der Waals surface area contributed by atoms with Gasteiger partial charge in [-0.1, -0.05) is 25.1 Å². The van der Waals surface area contributed by atoms with Crippen molar-refractivity contribution in [2.24, 2.45) is 0 Å². The molecule has 7 nitrogen and oxygen atoms in total. The van der Waals surface area contributed by atoms with Crippen LogP contribution in [0.4, 0.5) is 5.69 Å². The summed E-state index contributed by atoms with van der Waals surface area (Å²) in [6, 6.07) is 9.95. The highest BCUT2D eigenvalue weighted by Crippen LogP contribution is 2.26. The number of hydrogen-bond acceptors (Lipinski definition) is 7. The third kappa shape index (κ3) is 4.44. The SMILES string of the molecule is CCc1nc(-c2ncccn2)sc1C(=O)NCc1ccccc1N1CCOCC1. The van der Waals surface area contributed by atoms with E-state index < -0.39 is 0 Å². The molecule has 1 saturated heterocycles. The minimum Gasteiger partial charge on any atom is -0.378 e. The van der Waals surface area contributed by atoms with Crippen LogP contribution in [0.15, 0.2) is 42.7 Å². The standard InChI is InChI=1S/C21H23N5O2S/c1-2-16-18(29-21(25-16)19-22-8-5-9-23-19)20(27)24-14-15-6-3-4-7-17(15)26-10-12-28-13-11-26/h3-9H,2,10-14H2,1H3,(H,24,27). The topological polar surface area (TPSA) is 80.2 Å². The van der Waals surface area contributed by atoms with Crippen LogP contribution in [0.1, 0.15) is 27.9 Å². The summed E-state index contributed by atoms with van der Waals surface area (Å²) in [5, 5.41) is 3.73. The number of para-hydroxylation sites is 1. The van der Waals surface area contributed by atoms with Gasteiger partial charge < -0.3 is 15.0 Å². The molecule has 0 aliphatic carbocycles. The molecule has 1 fully saturated rings. The highest BCUT2D eigenvalue weighted by atomic mass is 32.1. The van der Waals surface area contributed by atoms with E-state index in [1.807, 2.05) is 19.1 Å². The van der Waals surface area contributed by atoms with Crippen LogP contribution in [0.2, 0.25) is 0 Å². The van der Waals surface area contributed by atoms with Crippen LogP contribution in [-0.2, 0) is 17.7 Å². The Labute approximate surface area is 173 Å². The molecule has 1 amide bonds. The van der Waals surface area contributed by atoms with E-state index in [0.29, 0.717) is 28.7 Å². The third-order valence-corrected chi connectivity index (χ3v) is 5.87. The number of aromatic nitrogens is 3. The summed E-state index contributed by atoms with van der Waals surface area (Å²) in [6.45, 7) is 5.64. The Balaban J connectivity index is 1.50. The smallest absolute Gasteiger partial charge is 0.263 e. The van der Waals surface area contributed by atoms with Gasteiger partial charge in [-0.15, -0.1) is 11.3 Å². The quantitative estimate of drug-likeness (QED) is 0.674. The zero-order valence-corrected chi connectivity index (χ0v) is 17.1. The predicted molar refractivity (Wildman–Crippen MR) is 113 cm³/mol. The van der Waals surface area contributed by atoms with Gasteiger partial charge in [-0.2, -0.15) is 0 Å². The number of nitrogens with one attached hydrogen (secondary N) is 1. The minimum absolute atomic E-state index is 0.113. The molecule has 1 aliphatic rings. The van der Waals surface area contributed by atoms with Gasteiger partial charge in [0, 0.05) is 37.7 Å². The molecule has 3 heterocycles. The first kappa shape index (κ1) is 19.5. The second kappa shape index (κ2) is 9.11. The highest BCUT2D eigenvalue weighted by molar-refractivity contribution is 7.17. The molecule has 0 bridgehead atoms. The van der Waals surface area contributed by atoms with Crippen LogP contribution in [0, 0.1) is 0 Å². The Morgan fingerprint density at radius 2 is 1.93 bits per heavy atom. The van der Waals surface area contributed by atoms with Crippen molar-refractivity contribution >= 4 is 22.9 Å². The molecule has 150 valence electrons. The molecule has 1 N–H and O–H groups in total. The Morgan fingerprint density at radius 1 is 1.17 bits per heavy atom. The monoisotopic (exact) mass is 409 g/mol. The van der Waals surface area contributed by atoms with Gasteiger partial charge in [-0.3, -0.25) is 4.79 Å². The first-order valence-electron chi connectivity index (χ1n) is 9.72. The Bertz CT molecular complexity index is 970. The van der Waals surface area contributed by atoms with Gasteiger partial charge in [-0.25, -0.2) is 15.0 Å². The fourth-order valence-corrected chi connectivity index (χ4v) is 4.32. The number of carbonyl (C=O) groups excluding carboxylic acids is 1. The van der Waals surface area contributed by atoms with Crippen LogP contribution in [0.5, 0.6) is 0 Å². The van der Waals surface area contributed by atoms with Crippen LogP contribution in [-0.4, -0.2) is 47.2 Å². The summed E-state index contributed by atoms with van der Waals surface area (Å²) in [6.07, 6.45) is 4.03. The van der Waals surface area contributed by atoms with E-state index in [4.69, 9.17) is 4.74 Å². The lowest BCUT2D eigenvalue weighted by atomic mass is 10.1. The Kier molecular flexibility index (Phi) is 6.12. The number of benzene rings is 1. The van der Waals surface area contributed by atoms with Crippen molar-refractivity contribution in [2.45, 2.75) is 19.9 Å². The summed E-state index contributed by atoms with van der Waals surface area (Å²) >= 11 is 1.34. The maximum atomic E-state index is 12.9. The molecule has 2 aromatic heterocycles. The number of anilines is 1. The number of aryl methyl sites for hydroxylation is 1. The maximum Gasteiger partial charge on any atom is 0.263 e. The molecular formula is C21H23N5O2S. The van der Waals surface area contributed by atoms with Crippen LogP contribution >= 0.6 is 11.3 Å². The Hall–Kier alpha value is -2.84. The van der Waals surface area contributed by atoms with Crippen LogP contribution in [0.3, 0.4) is 0 Å². The van der Waals surface area contributed by atoms with Gasteiger partial charge in [-0.05, 0) is 24.1 Å². The number of rotatable bonds is 6. The van der Waals surface area contributed by atoms with Gasteiger partial charge in [0.1, 0.15) is 4.88 Å². The number of carbonyl (C=O) groups is 1. The molecule has 1 aromatic carbocycles. The Morgan fingerprint density at radius 3 is 2.69 bits per heavy atom. The highest BCUT2D eigenvalue weighted by Gasteiger charge is 2.20. The van der Waals surface area contributed by atoms with Crippen molar-refractivity contribution in [2.75, 3.05) is 31.2 Å². The summed E-state index contributed by atoms with van der Waals surface area (Å²) in [7, 11) is 0. The molecule has 0 saturated carbocycles. The van der Waals surface area contributed by atoms with E-state index in [9.17, 15) is 4.79 Å². The molecule has 0 unspecified atom stereocenters. The molecule has 0 radical (unpaired) electrons. The predicted octanol–water partition coefficient (Wildman–Crippen LogP) is 2.93. The molecule has 1 aliphatic heterocycles. The summed E-state index contributed by atoms with van der Waals surface area (Å²) in [5.41, 5.74) is 3.02. The van der Waals surface area contributed by atoms with Crippen LogP contribution in [0.25, 0.3) is 10.8 Å². The van der Waals surface area contributed by atoms with Crippen LogP contribution < -0.4 is 10.2 Å². The maximum absolute atomic E-state index is 12.9. The van der Waals surface area contributed by atoms with Gasteiger partial charge in [0.25, 0.3) is 5.91 Å². The average Bonchev–Trinajstić information content (AvgIpc) is 3.23. The molecule has 4 rings (SSSR count). The molecule has 8 heteroatoms. The van der Waals surface area contributed by atoms with Crippen molar-refractivity contribution in [3.8, 4) is 10.8 Å². The van der Waals surface area contributed by atoms with E-state index >= 15 is 0 Å². The van der Waals surface area contributed by atoms with E-state index in [-0.39, 0.29) is 5.91 Å². The summed E-state index contributed by atoms with van der Waals surface area (Å²) in [4.78, 5) is 28.9. The lowest BCUT2D eigenvalue weighted by Gasteiger charge is -2.30. The number of hydrogen-bond donors (Lipinski definition) is 1. The molecule has 0 atom stereocenters. The lowest BCUT2D eigenvalue weighted by molar-refractivity contribution is 0.0953. The van der Waals surface area contributed by atoms with E-state index in [0.717, 1.165) is 43.2 Å². The number of ether oxygens (including phenoxy) is 1. The fraction of sp³-hybridized carbons (Fsp3) is 0.333. The largest absolute Gasteiger partial charge is 0.378 e. The normalized spacial score (nSPS) is 14.0. The zero-order valence-electron chi connectivity index (χ0n) is 16.3. The lowest BCUT2D eigenvalue weighted by Crippen LogP contribution is -2.37. The van der Waals surface area contributed by atoms with Gasteiger partial charge >= 0.3 is 0 Å². The van der Waals surface area contributed by atoms with Crippen molar-refractivity contribution in [1.82, 2.24) is 20.3 Å². The number of thiazole rings is 1. The van der Waals surface area contributed by atoms with Gasteiger partial charge in [0.05, 0.1) is 18.9 Å². The first-order valence-corrected chi connectivity index (χ1v) is 10.5.